The van der Waals surface area contributed by atoms with Crippen molar-refractivity contribution in [1.29, 1.82) is 0 Å². The van der Waals surface area contributed by atoms with Crippen LogP contribution in [0.1, 0.15) is 57.8 Å². The van der Waals surface area contributed by atoms with Crippen LogP contribution in [0.25, 0.3) is 0 Å². The predicted octanol–water partition coefficient (Wildman–Crippen LogP) is 2.34. The number of carboxylic acid groups (broad SMARTS) is 1. The molecule has 0 aromatic rings. The number of methoxy groups -OCH3 is 1. The molecule has 120 valence electrons. The van der Waals surface area contributed by atoms with E-state index < -0.39 is 5.97 Å². The van der Waals surface area contributed by atoms with Gasteiger partial charge in [0.2, 0.25) is 5.91 Å². The third-order valence-electron chi connectivity index (χ3n) is 5.24. The Bertz CT molecular complexity index is 368. The molecule has 0 bridgehead atoms. The second-order valence-electron chi connectivity index (χ2n) is 6.59. The average Bonchev–Trinajstić information content (AvgIpc) is 2.96. The molecule has 2 rings (SSSR count). The number of rotatable bonds is 6. The van der Waals surface area contributed by atoms with Gasteiger partial charge in [-0.25, -0.2) is 0 Å². The van der Waals surface area contributed by atoms with Crippen molar-refractivity contribution >= 4 is 11.9 Å². The van der Waals surface area contributed by atoms with Gasteiger partial charge in [-0.2, -0.15) is 0 Å². The minimum Gasteiger partial charge on any atom is -0.481 e. The summed E-state index contributed by atoms with van der Waals surface area (Å²) in [6, 6.07) is 0.146. The van der Waals surface area contributed by atoms with Crippen LogP contribution in [0.2, 0.25) is 0 Å². The summed E-state index contributed by atoms with van der Waals surface area (Å²) < 4.78 is 5.16. The van der Waals surface area contributed by atoms with Gasteiger partial charge in [0.05, 0.1) is 11.3 Å². The van der Waals surface area contributed by atoms with E-state index in [9.17, 15) is 9.59 Å². The monoisotopic (exact) mass is 297 g/mol. The Labute approximate surface area is 126 Å². The maximum absolute atomic E-state index is 12.7. The van der Waals surface area contributed by atoms with Crippen molar-refractivity contribution in [2.75, 3.05) is 13.7 Å². The van der Waals surface area contributed by atoms with E-state index in [1.807, 2.05) is 0 Å². The lowest BCUT2D eigenvalue weighted by molar-refractivity contribution is -0.143. The number of aliphatic carboxylic acids is 1. The zero-order chi connectivity index (χ0) is 15.3. The van der Waals surface area contributed by atoms with Gasteiger partial charge in [-0.15, -0.1) is 0 Å². The first-order valence-corrected chi connectivity index (χ1v) is 8.10. The Morgan fingerprint density at radius 2 is 1.81 bits per heavy atom. The Kier molecular flexibility index (Phi) is 5.62. The van der Waals surface area contributed by atoms with Crippen molar-refractivity contribution in [3.05, 3.63) is 0 Å². The van der Waals surface area contributed by atoms with Crippen molar-refractivity contribution in [3.8, 4) is 0 Å². The Morgan fingerprint density at radius 3 is 2.33 bits per heavy atom. The molecule has 0 aromatic carbocycles. The summed E-state index contributed by atoms with van der Waals surface area (Å²) in [4.78, 5) is 23.6. The second kappa shape index (κ2) is 7.25. The van der Waals surface area contributed by atoms with Gasteiger partial charge in [0.25, 0.3) is 0 Å². The van der Waals surface area contributed by atoms with Gasteiger partial charge in [-0.05, 0) is 44.9 Å². The van der Waals surface area contributed by atoms with Crippen LogP contribution in [-0.4, -0.2) is 36.7 Å². The molecule has 5 heteroatoms. The van der Waals surface area contributed by atoms with Gasteiger partial charge in [0, 0.05) is 19.8 Å². The molecule has 0 heterocycles. The van der Waals surface area contributed by atoms with Crippen LogP contribution in [0.15, 0.2) is 0 Å². The van der Waals surface area contributed by atoms with E-state index in [0.717, 1.165) is 44.9 Å². The lowest BCUT2D eigenvalue weighted by Gasteiger charge is -2.32. The highest BCUT2D eigenvalue weighted by molar-refractivity contribution is 5.83. The molecule has 21 heavy (non-hydrogen) atoms. The predicted molar refractivity (Wildman–Crippen MR) is 78.9 cm³/mol. The number of carbonyl (C=O) groups excluding carboxylic acids is 1. The number of amides is 1. The van der Waals surface area contributed by atoms with Crippen LogP contribution in [0.5, 0.6) is 0 Å². The van der Waals surface area contributed by atoms with Gasteiger partial charge >= 0.3 is 5.97 Å². The molecule has 1 amide bonds. The highest BCUT2D eigenvalue weighted by Crippen LogP contribution is 2.41. The molecule has 0 aromatic heterocycles. The van der Waals surface area contributed by atoms with Crippen LogP contribution in [0, 0.1) is 11.3 Å². The smallest absolute Gasteiger partial charge is 0.306 e. The first kappa shape index (κ1) is 16.3. The van der Waals surface area contributed by atoms with E-state index in [-0.39, 0.29) is 23.3 Å². The molecule has 0 spiro atoms. The summed E-state index contributed by atoms with van der Waals surface area (Å²) in [5, 5.41) is 12.2. The van der Waals surface area contributed by atoms with Crippen molar-refractivity contribution < 1.29 is 19.4 Å². The molecule has 0 saturated heterocycles. The van der Waals surface area contributed by atoms with Crippen molar-refractivity contribution in [3.63, 3.8) is 0 Å². The van der Waals surface area contributed by atoms with Crippen molar-refractivity contribution in [1.82, 2.24) is 5.32 Å². The van der Waals surface area contributed by atoms with Gasteiger partial charge in [0.15, 0.2) is 0 Å². The summed E-state index contributed by atoms with van der Waals surface area (Å²) >= 11 is 0. The highest BCUT2D eigenvalue weighted by atomic mass is 16.5. The van der Waals surface area contributed by atoms with E-state index in [1.54, 1.807) is 7.11 Å². The average molecular weight is 297 g/mol. The topological polar surface area (TPSA) is 75.6 Å². The van der Waals surface area contributed by atoms with Gasteiger partial charge in [0.1, 0.15) is 0 Å². The molecule has 2 saturated carbocycles. The third kappa shape index (κ3) is 3.96. The zero-order valence-electron chi connectivity index (χ0n) is 12.9. The third-order valence-corrected chi connectivity index (χ3v) is 5.24. The molecule has 0 aliphatic heterocycles. The molecule has 0 unspecified atom stereocenters. The molecular formula is C16H27NO4. The zero-order valence-corrected chi connectivity index (χ0v) is 12.9. The number of hydrogen-bond donors (Lipinski definition) is 2. The van der Waals surface area contributed by atoms with E-state index in [4.69, 9.17) is 9.84 Å². The van der Waals surface area contributed by atoms with Gasteiger partial charge in [-0.1, -0.05) is 12.8 Å². The van der Waals surface area contributed by atoms with Crippen LogP contribution in [-0.2, 0) is 14.3 Å². The van der Waals surface area contributed by atoms with Crippen LogP contribution in [0.4, 0.5) is 0 Å². The Morgan fingerprint density at radius 1 is 1.19 bits per heavy atom. The van der Waals surface area contributed by atoms with E-state index in [1.165, 1.54) is 0 Å². The number of hydrogen-bond acceptors (Lipinski definition) is 3. The number of nitrogens with one attached hydrogen (secondary N) is 1. The molecule has 2 aliphatic rings. The largest absolute Gasteiger partial charge is 0.481 e. The fourth-order valence-corrected chi connectivity index (χ4v) is 3.76. The summed E-state index contributed by atoms with van der Waals surface area (Å²) in [6.45, 7) is 0.624. The quantitative estimate of drug-likeness (QED) is 0.789. The van der Waals surface area contributed by atoms with Crippen LogP contribution >= 0.6 is 0 Å². The fraction of sp³-hybridized carbons (Fsp3) is 0.875. The number of carbonyl (C=O) groups is 2. The first-order chi connectivity index (χ1) is 10.1. The molecule has 5 nitrogen and oxygen atoms in total. The van der Waals surface area contributed by atoms with Crippen LogP contribution < -0.4 is 5.32 Å². The van der Waals surface area contributed by atoms with Crippen molar-refractivity contribution in [2.24, 2.45) is 11.3 Å². The standard InChI is InChI=1S/C16H27NO4/c1-21-11-10-16(8-2-3-9-16)15(20)17-13-6-4-12(5-7-13)14(18)19/h12-13H,2-11H2,1H3,(H,17,20)(H,18,19). The molecular weight excluding hydrogens is 270 g/mol. The number of ether oxygens (including phenoxy) is 1. The lowest BCUT2D eigenvalue weighted by atomic mass is 9.80. The molecule has 2 N–H and O–H groups in total. The highest BCUT2D eigenvalue weighted by Gasteiger charge is 2.41. The second-order valence-corrected chi connectivity index (χ2v) is 6.59. The van der Waals surface area contributed by atoms with Crippen LogP contribution in [0.3, 0.4) is 0 Å². The summed E-state index contributed by atoms with van der Waals surface area (Å²) in [7, 11) is 1.67. The maximum Gasteiger partial charge on any atom is 0.306 e. The lowest BCUT2D eigenvalue weighted by Crippen LogP contribution is -2.46. The summed E-state index contributed by atoms with van der Waals surface area (Å²) in [5.41, 5.74) is -0.250. The molecule has 2 aliphatic carbocycles. The molecule has 0 radical (unpaired) electrons. The normalized spacial score (nSPS) is 28.2. The van der Waals surface area contributed by atoms with E-state index in [2.05, 4.69) is 5.32 Å². The van der Waals surface area contributed by atoms with E-state index >= 15 is 0 Å². The Hall–Kier alpha value is -1.10. The SMILES string of the molecule is COCCC1(C(=O)NC2CCC(C(=O)O)CC2)CCCC1. The molecule has 0 atom stereocenters. The van der Waals surface area contributed by atoms with Crippen molar-refractivity contribution in [2.45, 2.75) is 63.8 Å². The first-order valence-electron chi connectivity index (χ1n) is 8.10. The summed E-state index contributed by atoms with van der Waals surface area (Å²) in [6.07, 6.45) is 7.83. The minimum atomic E-state index is -0.702. The Balaban J connectivity index is 1.86. The maximum atomic E-state index is 12.7. The van der Waals surface area contributed by atoms with Gasteiger partial charge < -0.3 is 15.2 Å². The number of carboxylic acids is 1. The van der Waals surface area contributed by atoms with Gasteiger partial charge in [-0.3, -0.25) is 9.59 Å². The minimum absolute atomic E-state index is 0.146. The molecule has 2 fully saturated rings. The van der Waals surface area contributed by atoms with E-state index in [0.29, 0.717) is 19.4 Å². The fourth-order valence-electron chi connectivity index (χ4n) is 3.76. The summed E-state index contributed by atoms with van der Waals surface area (Å²) in [5.74, 6) is -0.768.